The van der Waals surface area contributed by atoms with E-state index < -0.39 is 18.1 Å². The molecule has 8 heteroatoms. The van der Waals surface area contributed by atoms with Gasteiger partial charge in [-0.05, 0) is 70.6 Å². The third kappa shape index (κ3) is 41.8. The Kier molecular flexibility index (Phi) is 41.6. The normalized spacial score (nSPS) is 13.6. The van der Waals surface area contributed by atoms with E-state index in [1.54, 1.807) is 0 Å². The average molecular weight is 867 g/mol. The van der Waals surface area contributed by atoms with Crippen LogP contribution in [-0.4, -0.2) is 80.6 Å². The van der Waals surface area contributed by atoms with Gasteiger partial charge in [-0.2, -0.15) is 0 Å². The molecule has 0 aliphatic rings. The van der Waals surface area contributed by atoms with Crippen molar-refractivity contribution in [2.24, 2.45) is 0 Å². The second kappa shape index (κ2) is 44.1. The molecule has 0 spiro atoms. The molecule has 8 nitrogen and oxygen atoms in total. The molecule has 0 aliphatic heterocycles. The molecule has 0 aromatic rings. The van der Waals surface area contributed by atoms with Gasteiger partial charge in [0, 0.05) is 19.3 Å². The highest BCUT2D eigenvalue weighted by Gasteiger charge is 2.31. The van der Waals surface area contributed by atoms with Crippen LogP contribution in [0.25, 0.3) is 0 Å². The van der Waals surface area contributed by atoms with Crippen molar-refractivity contribution in [3.05, 3.63) is 85.1 Å². The van der Waals surface area contributed by atoms with E-state index in [1.807, 2.05) is 21.1 Å². The average Bonchev–Trinajstić information content (AvgIpc) is 3.23. The van der Waals surface area contributed by atoms with Gasteiger partial charge in [-0.15, -0.1) is 0 Å². The van der Waals surface area contributed by atoms with Crippen LogP contribution in [-0.2, 0) is 28.6 Å². The number of unbranched alkanes of at least 4 members (excludes halogenated alkanes) is 18. The van der Waals surface area contributed by atoms with Crippen LogP contribution in [0.3, 0.4) is 0 Å². The number of allylic oxidation sites excluding steroid dienone is 14. The fourth-order valence-electron chi connectivity index (χ4n) is 6.82. The Balaban J connectivity index is 4.33. The molecule has 0 heterocycles. The molecule has 0 fully saturated rings. The van der Waals surface area contributed by atoms with Gasteiger partial charge in [0.05, 0.1) is 34.4 Å². The SMILES string of the molecule is CC/C=C/C/C=C/C/C=C/CCCCCCCCCCCCC(=O)OCC(COCCC(C(=O)O)[N+](C)(C)C)OC(=O)CCCCCCC/C=C/C=C/C=C/C=C/CCCCC. The number of hydrogen-bond acceptors (Lipinski definition) is 6. The Labute approximate surface area is 380 Å². The Morgan fingerprint density at radius 2 is 0.968 bits per heavy atom. The number of carbonyl (C=O) groups excluding carboxylic acids is 2. The standard InChI is InChI=1S/C54H91NO7/c1-6-8-10-12-14-16-18-20-22-24-26-27-29-30-32-34-36-38-40-42-44-52(56)61-49-50(48-60-47-46-51(54(58)59)55(3,4)5)62-53(57)45-43-41-39-37-35-33-31-28-25-23-21-19-17-15-13-11-9-7-2/h8,10,14-17,19-23,25,28,31,50-51H,6-7,9,11-13,18,24,26-27,29-30,32-49H2,1-5H3/p+1/b10-8+,16-14+,17-15+,21-19+,22-20+,25-23+,31-28+. The molecular formula is C54H92NO7+. The molecule has 2 unspecified atom stereocenters. The van der Waals surface area contributed by atoms with Crippen LogP contribution >= 0.6 is 0 Å². The number of quaternary nitrogens is 1. The van der Waals surface area contributed by atoms with Crippen molar-refractivity contribution < 1.29 is 38.2 Å². The van der Waals surface area contributed by atoms with Gasteiger partial charge in [0.2, 0.25) is 0 Å². The first kappa shape index (κ1) is 58.5. The van der Waals surface area contributed by atoms with Gasteiger partial charge in [-0.3, -0.25) is 9.59 Å². The lowest BCUT2D eigenvalue weighted by Crippen LogP contribution is -2.50. The summed E-state index contributed by atoms with van der Waals surface area (Å²) in [5, 5.41) is 9.65. The monoisotopic (exact) mass is 867 g/mol. The van der Waals surface area contributed by atoms with E-state index in [-0.39, 0.29) is 36.2 Å². The van der Waals surface area contributed by atoms with Crippen molar-refractivity contribution in [3.8, 4) is 0 Å². The number of ether oxygens (including phenoxy) is 3. The molecule has 354 valence electrons. The third-order valence-electron chi connectivity index (χ3n) is 10.6. The zero-order chi connectivity index (χ0) is 45.6. The number of carboxylic acids is 1. The number of hydrogen-bond donors (Lipinski definition) is 1. The third-order valence-corrected chi connectivity index (χ3v) is 10.6. The van der Waals surface area contributed by atoms with E-state index in [0.717, 1.165) is 83.5 Å². The maximum atomic E-state index is 12.8. The van der Waals surface area contributed by atoms with Crippen LogP contribution < -0.4 is 0 Å². The molecule has 0 rings (SSSR count). The predicted molar refractivity (Wildman–Crippen MR) is 261 cm³/mol. The molecule has 62 heavy (non-hydrogen) atoms. The Hall–Kier alpha value is -3.49. The maximum Gasteiger partial charge on any atom is 0.362 e. The van der Waals surface area contributed by atoms with E-state index in [4.69, 9.17) is 14.2 Å². The summed E-state index contributed by atoms with van der Waals surface area (Å²) in [5.41, 5.74) is 0. The van der Waals surface area contributed by atoms with E-state index >= 15 is 0 Å². The van der Waals surface area contributed by atoms with Gasteiger partial charge in [0.1, 0.15) is 6.61 Å². The summed E-state index contributed by atoms with van der Waals surface area (Å²) >= 11 is 0. The number of aliphatic carboxylic acids is 1. The van der Waals surface area contributed by atoms with E-state index in [1.165, 1.54) is 70.6 Å². The summed E-state index contributed by atoms with van der Waals surface area (Å²) in [7, 11) is 5.52. The summed E-state index contributed by atoms with van der Waals surface area (Å²) in [6, 6.07) is -0.625. The molecule has 0 aromatic heterocycles. The van der Waals surface area contributed by atoms with Gasteiger partial charge in [-0.1, -0.05) is 182 Å². The highest BCUT2D eigenvalue weighted by atomic mass is 16.6. The first-order valence-corrected chi connectivity index (χ1v) is 24.7. The van der Waals surface area contributed by atoms with Crippen LogP contribution in [0.15, 0.2) is 85.1 Å². The van der Waals surface area contributed by atoms with Crippen molar-refractivity contribution in [2.45, 2.75) is 199 Å². The minimum Gasteiger partial charge on any atom is -0.477 e. The molecule has 0 saturated heterocycles. The second-order valence-corrected chi connectivity index (χ2v) is 17.4. The lowest BCUT2D eigenvalue weighted by Gasteiger charge is -2.31. The Morgan fingerprint density at radius 3 is 1.48 bits per heavy atom. The van der Waals surface area contributed by atoms with Crippen molar-refractivity contribution in [3.63, 3.8) is 0 Å². The predicted octanol–water partition coefficient (Wildman–Crippen LogP) is 14.1. The largest absolute Gasteiger partial charge is 0.477 e. The van der Waals surface area contributed by atoms with Gasteiger partial charge in [0.25, 0.3) is 0 Å². The summed E-state index contributed by atoms with van der Waals surface area (Å²) in [6.45, 7) is 4.56. The van der Waals surface area contributed by atoms with E-state index in [0.29, 0.717) is 19.3 Å². The molecule has 0 aromatic carbocycles. The molecule has 0 amide bonds. The number of nitrogens with zero attached hydrogens (tertiary/aromatic N) is 1. The first-order valence-electron chi connectivity index (χ1n) is 24.7. The number of rotatable bonds is 43. The van der Waals surface area contributed by atoms with Gasteiger partial charge in [0.15, 0.2) is 12.1 Å². The molecule has 2 atom stereocenters. The van der Waals surface area contributed by atoms with E-state index in [2.05, 4.69) is 98.9 Å². The van der Waals surface area contributed by atoms with Crippen molar-refractivity contribution in [1.29, 1.82) is 0 Å². The first-order chi connectivity index (χ1) is 30.1. The number of carbonyl (C=O) groups is 3. The van der Waals surface area contributed by atoms with Crippen LogP contribution in [0.4, 0.5) is 0 Å². The highest BCUT2D eigenvalue weighted by molar-refractivity contribution is 5.72. The minimum absolute atomic E-state index is 0.0458. The smallest absolute Gasteiger partial charge is 0.362 e. The van der Waals surface area contributed by atoms with E-state index in [9.17, 15) is 19.5 Å². The highest BCUT2D eigenvalue weighted by Crippen LogP contribution is 2.14. The lowest BCUT2D eigenvalue weighted by molar-refractivity contribution is -0.887. The van der Waals surface area contributed by atoms with Crippen LogP contribution in [0.5, 0.6) is 0 Å². The lowest BCUT2D eigenvalue weighted by atomic mass is 10.1. The van der Waals surface area contributed by atoms with Gasteiger partial charge in [-0.25, -0.2) is 4.79 Å². The molecule has 0 saturated carbocycles. The zero-order valence-corrected chi connectivity index (χ0v) is 40.3. The number of carboxylic acid groups (broad SMARTS) is 1. The Bertz CT molecular complexity index is 1290. The Morgan fingerprint density at radius 1 is 0.516 bits per heavy atom. The fraction of sp³-hybridized carbons (Fsp3) is 0.685. The second-order valence-electron chi connectivity index (χ2n) is 17.4. The molecule has 0 radical (unpaired) electrons. The maximum absolute atomic E-state index is 12.8. The topological polar surface area (TPSA) is 99.1 Å². The summed E-state index contributed by atoms with van der Waals surface area (Å²) < 4.78 is 17.3. The molecular weight excluding hydrogens is 775 g/mol. The molecule has 0 bridgehead atoms. The molecule has 0 aliphatic carbocycles. The zero-order valence-electron chi connectivity index (χ0n) is 40.3. The van der Waals surface area contributed by atoms with Crippen LogP contribution in [0.2, 0.25) is 0 Å². The summed E-state index contributed by atoms with van der Waals surface area (Å²) in [5.74, 6) is -1.51. The molecule has 1 N–H and O–H groups in total. The van der Waals surface area contributed by atoms with Crippen molar-refractivity contribution >= 4 is 17.9 Å². The van der Waals surface area contributed by atoms with Gasteiger partial charge >= 0.3 is 17.9 Å². The van der Waals surface area contributed by atoms with Crippen LogP contribution in [0.1, 0.15) is 187 Å². The quantitative estimate of drug-likeness (QED) is 0.0214. The summed E-state index contributed by atoms with van der Waals surface area (Å²) in [6.07, 6.45) is 57.6. The summed E-state index contributed by atoms with van der Waals surface area (Å²) in [4.78, 5) is 37.1. The minimum atomic E-state index is -0.882. The van der Waals surface area contributed by atoms with Crippen molar-refractivity contribution in [2.75, 3.05) is 41.0 Å². The van der Waals surface area contributed by atoms with Crippen molar-refractivity contribution in [1.82, 2.24) is 0 Å². The fourth-order valence-corrected chi connectivity index (χ4v) is 6.82. The number of likely N-dealkylation sites (N-methyl/N-ethyl adjacent to an activating group) is 1. The van der Waals surface area contributed by atoms with Gasteiger partial charge < -0.3 is 23.8 Å². The number of esters is 2. The van der Waals surface area contributed by atoms with Crippen LogP contribution in [0, 0.1) is 0 Å².